The van der Waals surface area contributed by atoms with Gasteiger partial charge in [0, 0.05) is 4.57 Å². The molecule has 0 spiro atoms. The first-order valence-corrected chi connectivity index (χ1v) is 2.45. The summed E-state index contributed by atoms with van der Waals surface area (Å²) in [5, 5.41) is 0. The molecule has 34 valence electrons. The first-order valence-electron chi connectivity index (χ1n) is 1.35. The highest BCUT2D eigenvalue weighted by atomic mass is 31.1. The number of rotatable bonds is 0. The fourth-order valence-corrected chi connectivity index (χ4v) is 0.533. The van der Waals surface area contributed by atoms with Gasteiger partial charge in [-0.25, -0.2) is 0 Å². The molecule has 4 nitrogen and oxygen atoms in total. The van der Waals surface area contributed by atoms with Gasteiger partial charge in [-0.3, -0.25) is 5.73 Å². The van der Waals surface area contributed by atoms with Crippen LogP contribution in [-0.2, 0) is 13.6 Å². The summed E-state index contributed by atoms with van der Waals surface area (Å²) in [6.07, 6.45) is -0.742. The van der Waals surface area contributed by atoms with Crippen LogP contribution in [0.4, 0.5) is 0 Å². The van der Waals surface area contributed by atoms with E-state index in [1.165, 1.54) is 0 Å². The Balaban J connectivity index is 2.28. The van der Waals surface area contributed by atoms with Crippen LogP contribution in [0.25, 0.3) is 0 Å². The van der Waals surface area contributed by atoms with Crippen LogP contribution >= 0.6 is 8.25 Å². The molecule has 1 aliphatic heterocycles. The average molecular weight is 108 g/mol. The van der Waals surface area contributed by atoms with Gasteiger partial charge in [-0.05, 0) is 0 Å². The fraction of sp³-hybridized carbons (Fsp3) is 1.00. The lowest BCUT2D eigenvalue weighted by atomic mass is 11.2. The number of nitrogens with two attached hydrogens (primary N) is 1. The second-order valence-corrected chi connectivity index (χ2v) is 1.67. The van der Waals surface area contributed by atoms with Crippen LogP contribution in [0.1, 0.15) is 0 Å². The van der Waals surface area contributed by atoms with Crippen molar-refractivity contribution < 1.29 is 13.6 Å². The van der Waals surface area contributed by atoms with Crippen LogP contribution in [0.5, 0.6) is 0 Å². The van der Waals surface area contributed by atoms with Gasteiger partial charge in [0.2, 0.25) is 0 Å². The lowest BCUT2D eigenvalue weighted by Crippen LogP contribution is -2.29. The Hall–Kier alpha value is -0.0200. The highest BCUT2D eigenvalue weighted by Gasteiger charge is 2.42. The van der Waals surface area contributed by atoms with Crippen LogP contribution in [0.15, 0.2) is 0 Å². The van der Waals surface area contributed by atoms with Crippen molar-refractivity contribution >= 4 is 8.25 Å². The smallest absolute Gasteiger partial charge is 0.275 e. The van der Waals surface area contributed by atoms with E-state index < -0.39 is 14.7 Å². The van der Waals surface area contributed by atoms with E-state index in [9.17, 15) is 4.57 Å². The van der Waals surface area contributed by atoms with Crippen LogP contribution in [0.2, 0.25) is 0 Å². The van der Waals surface area contributed by atoms with Gasteiger partial charge in [0.05, 0.1) is 0 Å². The van der Waals surface area contributed by atoms with E-state index in [1.807, 2.05) is 0 Å². The summed E-state index contributed by atoms with van der Waals surface area (Å²) in [6.45, 7) is 0. The third-order valence-corrected chi connectivity index (χ3v) is 1.14. The van der Waals surface area contributed by atoms with Crippen molar-refractivity contribution in [2.45, 2.75) is 6.41 Å². The van der Waals surface area contributed by atoms with Crippen molar-refractivity contribution in [2.75, 3.05) is 0 Å². The van der Waals surface area contributed by atoms with Crippen molar-refractivity contribution in [1.82, 2.24) is 0 Å². The molecule has 2 N–H and O–H groups in total. The highest BCUT2D eigenvalue weighted by molar-refractivity contribution is 7.34. The Morgan fingerprint density at radius 2 is 2.17 bits per heavy atom. The maximum Gasteiger partial charge on any atom is 0.706 e. The molecular weight excluding hydrogens is 105 g/mol. The molecule has 1 fully saturated rings. The molecule has 1 saturated heterocycles. The summed E-state index contributed by atoms with van der Waals surface area (Å²) in [7, 11) is -1.83. The minimum absolute atomic E-state index is 0.742. The van der Waals surface area contributed by atoms with E-state index in [0.717, 1.165) is 0 Å². The summed E-state index contributed by atoms with van der Waals surface area (Å²) >= 11 is 0. The Morgan fingerprint density at radius 3 is 2.17 bits per heavy atom. The molecule has 5 heteroatoms. The molecule has 0 aromatic heterocycles. The third kappa shape index (κ3) is 0.555. The number of hydrogen-bond acceptors (Lipinski definition) is 4. The van der Waals surface area contributed by atoms with Crippen molar-refractivity contribution in [1.29, 1.82) is 0 Å². The Morgan fingerprint density at radius 1 is 1.67 bits per heavy atom. The molecule has 0 aromatic carbocycles. The zero-order valence-corrected chi connectivity index (χ0v) is 3.72. The van der Waals surface area contributed by atoms with Gasteiger partial charge in [0.25, 0.3) is 0 Å². The third-order valence-electron chi connectivity index (χ3n) is 0.380. The predicted octanol–water partition coefficient (Wildman–Crippen LogP) is -0.0671. The van der Waals surface area contributed by atoms with Gasteiger partial charge in [0.15, 0.2) is 0 Å². The molecular formula is CH3NO3P+. The SMILES string of the molecule is NC1O[P+](=O)O1. The van der Waals surface area contributed by atoms with E-state index in [-0.39, 0.29) is 0 Å². The molecule has 1 heterocycles. The van der Waals surface area contributed by atoms with Crippen LogP contribution in [0.3, 0.4) is 0 Å². The topological polar surface area (TPSA) is 61.5 Å². The zero-order chi connectivity index (χ0) is 4.57. The monoisotopic (exact) mass is 108 g/mol. The molecule has 0 aliphatic carbocycles. The summed E-state index contributed by atoms with van der Waals surface area (Å²) in [5.74, 6) is 0. The quantitative estimate of drug-likeness (QED) is 0.441. The molecule has 0 unspecified atom stereocenters. The summed E-state index contributed by atoms with van der Waals surface area (Å²) < 4.78 is 18.1. The second kappa shape index (κ2) is 1.24. The van der Waals surface area contributed by atoms with Crippen LogP contribution < -0.4 is 5.73 Å². The van der Waals surface area contributed by atoms with Crippen LogP contribution in [0, 0.1) is 0 Å². The first kappa shape index (κ1) is 4.15. The summed E-state index contributed by atoms with van der Waals surface area (Å²) in [6, 6.07) is 0. The molecule has 1 aliphatic rings. The van der Waals surface area contributed by atoms with Crippen molar-refractivity contribution in [3.63, 3.8) is 0 Å². The van der Waals surface area contributed by atoms with E-state index in [4.69, 9.17) is 5.73 Å². The van der Waals surface area contributed by atoms with E-state index in [2.05, 4.69) is 9.05 Å². The molecule has 0 bridgehead atoms. The number of hydrogen-bond donors (Lipinski definition) is 1. The molecule has 0 amide bonds. The Labute approximate surface area is 35.2 Å². The summed E-state index contributed by atoms with van der Waals surface area (Å²) in [4.78, 5) is 0. The highest BCUT2D eigenvalue weighted by Crippen LogP contribution is 2.36. The molecule has 6 heavy (non-hydrogen) atoms. The largest absolute Gasteiger partial charge is 0.706 e. The van der Waals surface area contributed by atoms with Gasteiger partial charge >= 0.3 is 14.7 Å². The van der Waals surface area contributed by atoms with E-state index in [1.54, 1.807) is 0 Å². The molecule has 0 atom stereocenters. The lowest BCUT2D eigenvalue weighted by Gasteiger charge is -2.01. The molecule has 1 rings (SSSR count). The zero-order valence-electron chi connectivity index (χ0n) is 2.83. The minimum Gasteiger partial charge on any atom is -0.275 e. The van der Waals surface area contributed by atoms with Gasteiger partial charge in [-0.15, -0.1) is 0 Å². The van der Waals surface area contributed by atoms with E-state index in [0.29, 0.717) is 0 Å². The lowest BCUT2D eigenvalue weighted by molar-refractivity contribution is -0.0712. The molecule has 0 radical (unpaired) electrons. The predicted molar refractivity (Wildman–Crippen MR) is 17.8 cm³/mol. The Kier molecular flexibility index (Phi) is 0.856. The van der Waals surface area contributed by atoms with Gasteiger partial charge in [0.1, 0.15) is 0 Å². The fourth-order valence-electron chi connectivity index (χ4n) is 0.178. The average Bonchev–Trinajstić information content (AvgIpc) is 1.33. The molecule has 0 saturated carbocycles. The maximum absolute atomic E-state index is 9.73. The second-order valence-electron chi connectivity index (χ2n) is 0.803. The van der Waals surface area contributed by atoms with Crippen molar-refractivity contribution in [3.05, 3.63) is 0 Å². The van der Waals surface area contributed by atoms with Gasteiger partial charge in [-0.1, -0.05) is 9.05 Å². The summed E-state index contributed by atoms with van der Waals surface area (Å²) in [5.41, 5.74) is 4.84. The van der Waals surface area contributed by atoms with Crippen LogP contribution in [-0.4, -0.2) is 6.41 Å². The Bertz CT molecular complexity index is 74.9. The standard InChI is InChI=1S/CH3NO3P/c2-1-4-6(3)5-1/h1H,2H2/q+1. The van der Waals surface area contributed by atoms with Gasteiger partial charge < -0.3 is 0 Å². The van der Waals surface area contributed by atoms with Crippen molar-refractivity contribution in [3.8, 4) is 0 Å². The van der Waals surface area contributed by atoms with E-state index >= 15 is 0 Å². The first-order chi connectivity index (χ1) is 2.79. The van der Waals surface area contributed by atoms with Crippen molar-refractivity contribution in [2.24, 2.45) is 5.73 Å². The maximum atomic E-state index is 9.73. The van der Waals surface area contributed by atoms with Gasteiger partial charge in [-0.2, -0.15) is 0 Å². The normalized spacial score (nSPS) is 38.8. The minimum atomic E-state index is -1.83. The molecule has 0 aromatic rings.